The molecule has 18 heavy (non-hydrogen) atoms. The van der Waals surface area contributed by atoms with E-state index in [-0.39, 0.29) is 6.04 Å². The summed E-state index contributed by atoms with van der Waals surface area (Å²) in [5.41, 5.74) is 0.891. The number of hydrogen-bond acceptors (Lipinski definition) is 1. The molecule has 3 atom stereocenters. The average Bonchev–Trinajstić information content (AvgIpc) is 2.97. The van der Waals surface area contributed by atoms with E-state index in [1.807, 2.05) is 0 Å². The van der Waals surface area contributed by atoms with Crippen LogP contribution in [0.25, 0.3) is 0 Å². The Morgan fingerprint density at radius 3 is 2.50 bits per heavy atom. The second kappa shape index (κ2) is 4.61. The third kappa shape index (κ3) is 2.16. The van der Waals surface area contributed by atoms with Gasteiger partial charge in [0.1, 0.15) is 0 Å². The summed E-state index contributed by atoms with van der Waals surface area (Å²) in [4.78, 5) is 0. The maximum absolute atomic E-state index is 13.3. The first kappa shape index (κ1) is 12.1. The Kier molecular flexibility index (Phi) is 3.10. The van der Waals surface area contributed by atoms with E-state index in [4.69, 9.17) is 0 Å². The predicted octanol–water partition coefficient (Wildman–Crippen LogP) is 3.66. The van der Waals surface area contributed by atoms with Crippen LogP contribution in [0.5, 0.6) is 0 Å². The fourth-order valence-corrected chi connectivity index (χ4v) is 3.52. The SMILES string of the molecule is CCNC(c1ccc(F)c(F)c1)C1CC2CC2C1. The summed E-state index contributed by atoms with van der Waals surface area (Å²) in [5, 5.41) is 3.44. The number of fused-ring (bicyclic) bond motifs is 1. The van der Waals surface area contributed by atoms with Gasteiger partial charge in [-0.2, -0.15) is 0 Å². The second-order valence-corrected chi connectivity index (χ2v) is 5.70. The van der Waals surface area contributed by atoms with Crippen molar-refractivity contribution in [1.29, 1.82) is 0 Å². The van der Waals surface area contributed by atoms with Gasteiger partial charge in [-0.25, -0.2) is 8.78 Å². The van der Waals surface area contributed by atoms with Crippen molar-refractivity contribution in [1.82, 2.24) is 5.32 Å². The van der Waals surface area contributed by atoms with Gasteiger partial charge in [0.15, 0.2) is 11.6 Å². The van der Waals surface area contributed by atoms with Crippen molar-refractivity contribution in [3.8, 4) is 0 Å². The van der Waals surface area contributed by atoms with Crippen LogP contribution in [0.1, 0.15) is 37.8 Å². The summed E-state index contributed by atoms with van der Waals surface area (Å²) in [6.07, 6.45) is 3.86. The van der Waals surface area contributed by atoms with Gasteiger partial charge in [-0.15, -0.1) is 0 Å². The van der Waals surface area contributed by atoms with Gasteiger partial charge >= 0.3 is 0 Å². The van der Waals surface area contributed by atoms with Crippen molar-refractivity contribution in [3.63, 3.8) is 0 Å². The lowest BCUT2D eigenvalue weighted by Crippen LogP contribution is -2.27. The highest BCUT2D eigenvalue weighted by molar-refractivity contribution is 5.23. The van der Waals surface area contributed by atoms with Crippen LogP contribution in [0.2, 0.25) is 0 Å². The Balaban J connectivity index is 1.81. The fraction of sp³-hybridized carbons (Fsp3) is 0.600. The van der Waals surface area contributed by atoms with Crippen molar-refractivity contribution < 1.29 is 8.78 Å². The summed E-state index contributed by atoms with van der Waals surface area (Å²) in [5.74, 6) is 0.892. The molecule has 2 fully saturated rings. The summed E-state index contributed by atoms with van der Waals surface area (Å²) in [7, 11) is 0. The smallest absolute Gasteiger partial charge is 0.159 e. The Bertz CT molecular complexity index is 436. The van der Waals surface area contributed by atoms with Gasteiger partial charge < -0.3 is 5.32 Å². The highest BCUT2D eigenvalue weighted by atomic mass is 19.2. The molecular formula is C15H19F2N. The Labute approximate surface area is 107 Å². The average molecular weight is 251 g/mol. The third-order valence-corrected chi connectivity index (χ3v) is 4.48. The van der Waals surface area contributed by atoms with Gasteiger partial charge in [-0.3, -0.25) is 0 Å². The lowest BCUT2D eigenvalue weighted by atomic mass is 9.89. The van der Waals surface area contributed by atoms with Gasteiger partial charge in [0.2, 0.25) is 0 Å². The van der Waals surface area contributed by atoms with E-state index in [1.54, 1.807) is 6.07 Å². The molecule has 0 spiro atoms. The molecule has 0 radical (unpaired) electrons. The molecule has 2 aliphatic carbocycles. The largest absolute Gasteiger partial charge is 0.310 e. The maximum Gasteiger partial charge on any atom is 0.159 e. The molecule has 3 unspecified atom stereocenters. The lowest BCUT2D eigenvalue weighted by molar-refractivity contribution is 0.345. The molecule has 2 aliphatic rings. The van der Waals surface area contributed by atoms with Crippen molar-refractivity contribution in [2.45, 2.75) is 32.2 Å². The summed E-state index contributed by atoms with van der Waals surface area (Å²) in [6.45, 7) is 2.91. The van der Waals surface area contributed by atoms with Crippen LogP contribution in [-0.2, 0) is 0 Å². The first-order valence-electron chi connectivity index (χ1n) is 6.87. The van der Waals surface area contributed by atoms with Crippen LogP contribution in [0.3, 0.4) is 0 Å². The van der Waals surface area contributed by atoms with E-state index >= 15 is 0 Å². The van der Waals surface area contributed by atoms with Crippen LogP contribution >= 0.6 is 0 Å². The monoisotopic (exact) mass is 251 g/mol. The first-order chi connectivity index (χ1) is 8.69. The van der Waals surface area contributed by atoms with E-state index in [1.165, 1.54) is 31.4 Å². The fourth-order valence-electron chi connectivity index (χ4n) is 3.52. The zero-order valence-corrected chi connectivity index (χ0v) is 10.6. The minimum absolute atomic E-state index is 0.179. The predicted molar refractivity (Wildman–Crippen MR) is 67.1 cm³/mol. The van der Waals surface area contributed by atoms with Crippen LogP contribution in [-0.4, -0.2) is 6.54 Å². The van der Waals surface area contributed by atoms with Crippen LogP contribution < -0.4 is 5.32 Å². The summed E-state index contributed by atoms with van der Waals surface area (Å²) < 4.78 is 26.3. The number of nitrogens with one attached hydrogen (secondary N) is 1. The van der Waals surface area contributed by atoms with E-state index < -0.39 is 11.6 Å². The van der Waals surface area contributed by atoms with Gasteiger partial charge in [0.05, 0.1) is 0 Å². The normalized spacial score (nSPS) is 31.2. The molecule has 0 amide bonds. The molecule has 0 heterocycles. The highest BCUT2D eigenvalue weighted by Crippen LogP contribution is 2.57. The molecule has 0 saturated heterocycles. The van der Waals surface area contributed by atoms with E-state index in [0.29, 0.717) is 5.92 Å². The zero-order chi connectivity index (χ0) is 12.7. The molecule has 1 nitrogen and oxygen atoms in total. The van der Waals surface area contributed by atoms with Crippen molar-refractivity contribution >= 4 is 0 Å². The van der Waals surface area contributed by atoms with Crippen LogP contribution in [0.15, 0.2) is 18.2 Å². The minimum Gasteiger partial charge on any atom is -0.310 e. The van der Waals surface area contributed by atoms with Gasteiger partial charge in [-0.05, 0) is 61.3 Å². The topological polar surface area (TPSA) is 12.0 Å². The molecule has 3 rings (SSSR count). The third-order valence-electron chi connectivity index (χ3n) is 4.48. The Hall–Kier alpha value is -0.960. The standard InChI is InChI=1S/C15H19F2N/c1-2-18-15(12-6-10-5-11(10)7-12)9-3-4-13(16)14(17)8-9/h3-4,8,10-12,15,18H,2,5-7H2,1H3. The number of benzene rings is 1. The number of rotatable bonds is 4. The maximum atomic E-state index is 13.3. The molecule has 0 bridgehead atoms. The van der Waals surface area contributed by atoms with Gasteiger partial charge in [-0.1, -0.05) is 13.0 Å². The Morgan fingerprint density at radius 2 is 1.89 bits per heavy atom. The molecule has 0 aliphatic heterocycles. The lowest BCUT2D eigenvalue weighted by Gasteiger charge is -2.26. The summed E-state index contributed by atoms with van der Waals surface area (Å²) >= 11 is 0. The summed E-state index contributed by atoms with van der Waals surface area (Å²) in [6, 6.07) is 4.49. The zero-order valence-electron chi connectivity index (χ0n) is 10.6. The van der Waals surface area contributed by atoms with Crippen LogP contribution in [0, 0.1) is 29.4 Å². The van der Waals surface area contributed by atoms with E-state index in [9.17, 15) is 8.78 Å². The minimum atomic E-state index is -0.761. The second-order valence-electron chi connectivity index (χ2n) is 5.70. The molecule has 0 aromatic heterocycles. The van der Waals surface area contributed by atoms with Crippen LogP contribution in [0.4, 0.5) is 8.78 Å². The van der Waals surface area contributed by atoms with Crippen molar-refractivity contribution in [2.24, 2.45) is 17.8 Å². The number of hydrogen-bond donors (Lipinski definition) is 1. The molecular weight excluding hydrogens is 232 g/mol. The molecule has 1 aromatic rings. The van der Waals surface area contributed by atoms with Crippen molar-refractivity contribution in [2.75, 3.05) is 6.54 Å². The van der Waals surface area contributed by atoms with Gasteiger partial charge in [0.25, 0.3) is 0 Å². The van der Waals surface area contributed by atoms with Crippen molar-refractivity contribution in [3.05, 3.63) is 35.4 Å². The highest BCUT2D eigenvalue weighted by Gasteiger charge is 2.47. The molecule has 1 N–H and O–H groups in total. The molecule has 3 heteroatoms. The van der Waals surface area contributed by atoms with E-state index in [2.05, 4.69) is 12.2 Å². The quantitative estimate of drug-likeness (QED) is 0.861. The molecule has 98 valence electrons. The molecule has 2 saturated carbocycles. The number of halogens is 2. The Morgan fingerprint density at radius 1 is 1.17 bits per heavy atom. The van der Waals surface area contributed by atoms with E-state index in [0.717, 1.165) is 23.9 Å². The first-order valence-corrected chi connectivity index (χ1v) is 6.87. The van der Waals surface area contributed by atoms with Gasteiger partial charge in [0, 0.05) is 6.04 Å². The molecule has 1 aromatic carbocycles.